The van der Waals surface area contributed by atoms with Gasteiger partial charge in [-0.25, -0.2) is 10.2 Å². The van der Waals surface area contributed by atoms with Gasteiger partial charge in [0.15, 0.2) is 0 Å². The van der Waals surface area contributed by atoms with E-state index in [1.807, 2.05) is 5.43 Å². The molecule has 0 aliphatic carbocycles. The van der Waals surface area contributed by atoms with Crippen molar-refractivity contribution >= 4 is 11.8 Å². The summed E-state index contributed by atoms with van der Waals surface area (Å²) in [5, 5.41) is 11.8. The topological polar surface area (TPSA) is 87.5 Å². The molecule has 0 saturated carbocycles. The van der Waals surface area contributed by atoms with Crippen LogP contribution in [0.2, 0.25) is 0 Å². The highest BCUT2D eigenvalue weighted by atomic mass is 16.4. The number of amides is 1. The first-order valence-corrected chi connectivity index (χ1v) is 3.50. The van der Waals surface area contributed by atoms with E-state index in [2.05, 4.69) is 15.1 Å². The first kappa shape index (κ1) is 9.11. The molecule has 1 rings (SSSR count). The molecule has 13 heavy (non-hydrogen) atoms. The van der Waals surface area contributed by atoms with Gasteiger partial charge in [0.2, 0.25) is 0 Å². The minimum atomic E-state index is -1.21. The van der Waals surface area contributed by atoms with E-state index >= 15 is 0 Å². The Kier molecular flexibility index (Phi) is 2.91. The number of carboxylic acid groups (broad SMARTS) is 1. The molecule has 0 atom stereocenters. The molecule has 1 aromatic heterocycles. The van der Waals surface area contributed by atoms with Gasteiger partial charge in [0.05, 0.1) is 11.9 Å². The maximum atomic E-state index is 10.1. The monoisotopic (exact) mass is 180 g/mol. The fraction of sp³-hybridized carbons (Fsp3) is 0.143. The predicted octanol–water partition coefficient (Wildman–Crippen LogP) is 0.468. The lowest BCUT2D eigenvalue weighted by molar-refractivity contribution is 0.195. The van der Waals surface area contributed by atoms with Gasteiger partial charge in [0.1, 0.15) is 5.69 Å². The highest BCUT2D eigenvalue weighted by Gasteiger charge is 1.98. The van der Waals surface area contributed by atoms with Crippen LogP contribution in [0.4, 0.5) is 4.79 Å². The third-order valence-electron chi connectivity index (χ3n) is 1.25. The van der Waals surface area contributed by atoms with E-state index in [4.69, 9.17) is 5.11 Å². The Labute approximate surface area is 74.3 Å². The van der Waals surface area contributed by atoms with Gasteiger partial charge in [-0.05, 0) is 6.92 Å². The van der Waals surface area contributed by atoms with Crippen molar-refractivity contribution in [1.82, 2.24) is 15.4 Å². The minimum Gasteiger partial charge on any atom is -0.464 e. The van der Waals surface area contributed by atoms with Crippen molar-refractivity contribution in [2.24, 2.45) is 5.10 Å². The predicted molar refractivity (Wildman–Crippen MR) is 45.4 cm³/mol. The van der Waals surface area contributed by atoms with Crippen molar-refractivity contribution < 1.29 is 9.90 Å². The number of hydrogen-bond donors (Lipinski definition) is 2. The largest absolute Gasteiger partial charge is 0.464 e. The zero-order chi connectivity index (χ0) is 9.68. The lowest BCUT2D eigenvalue weighted by atomic mass is 10.3. The third kappa shape index (κ3) is 2.86. The first-order valence-electron chi connectivity index (χ1n) is 3.50. The Hall–Kier alpha value is -1.98. The third-order valence-corrected chi connectivity index (χ3v) is 1.25. The molecule has 1 heterocycles. The second-order valence-corrected chi connectivity index (χ2v) is 2.20. The average Bonchev–Trinajstić information content (AvgIpc) is 2.15. The van der Waals surface area contributed by atoms with Crippen LogP contribution in [-0.2, 0) is 0 Å². The van der Waals surface area contributed by atoms with Crippen LogP contribution >= 0.6 is 0 Å². The van der Waals surface area contributed by atoms with Crippen molar-refractivity contribution in [2.45, 2.75) is 6.92 Å². The Balaban J connectivity index is 2.73. The summed E-state index contributed by atoms with van der Waals surface area (Å²) in [6, 6.07) is 0. The molecule has 6 heteroatoms. The van der Waals surface area contributed by atoms with Gasteiger partial charge in [0, 0.05) is 12.4 Å². The maximum absolute atomic E-state index is 10.1. The van der Waals surface area contributed by atoms with Gasteiger partial charge in [-0.2, -0.15) is 5.10 Å². The van der Waals surface area contributed by atoms with Crippen LogP contribution < -0.4 is 5.43 Å². The highest BCUT2D eigenvalue weighted by Crippen LogP contribution is 1.91. The lowest BCUT2D eigenvalue weighted by Crippen LogP contribution is -2.16. The summed E-state index contributed by atoms with van der Waals surface area (Å²) in [5.74, 6) is 0. The molecule has 6 nitrogen and oxygen atoms in total. The van der Waals surface area contributed by atoms with Crippen molar-refractivity contribution in [3.63, 3.8) is 0 Å². The average molecular weight is 180 g/mol. The molecule has 2 N–H and O–H groups in total. The molecular formula is C7H8N4O2. The number of hydrogen-bond acceptors (Lipinski definition) is 4. The normalized spacial score (nSPS) is 11.0. The van der Waals surface area contributed by atoms with E-state index in [9.17, 15) is 4.79 Å². The molecule has 0 aromatic carbocycles. The van der Waals surface area contributed by atoms with Crippen LogP contribution in [-0.4, -0.2) is 26.9 Å². The first-order chi connectivity index (χ1) is 6.20. The van der Waals surface area contributed by atoms with Gasteiger partial charge in [-0.15, -0.1) is 0 Å². The van der Waals surface area contributed by atoms with E-state index in [0.717, 1.165) is 0 Å². The lowest BCUT2D eigenvalue weighted by Gasteiger charge is -1.97. The number of aromatic nitrogens is 2. The van der Waals surface area contributed by atoms with E-state index in [1.165, 1.54) is 18.6 Å². The molecule has 0 saturated heterocycles. The van der Waals surface area contributed by atoms with Gasteiger partial charge in [-0.3, -0.25) is 9.97 Å². The van der Waals surface area contributed by atoms with Crippen LogP contribution in [0.3, 0.4) is 0 Å². The molecule has 0 spiro atoms. The number of hydrazone groups is 1. The summed E-state index contributed by atoms with van der Waals surface area (Å²) >= 11 is 0. The molecule has 0 fully saturated rings. The van der Waals surface area contributed by atoms with E-state index in [0.29, 0.717) is 11.4 Å². The van der Waals surface area contributed by atoms with Crippen molar-refractivity contribution in [1.29, 1.82) is 0 Å². The van der Waals surface area contributed by atoms with Gasteiger partial charge < -0.3 is 5.11 Å². The summed E-state index contributed by atoms with van der Waals surface area (Å²) in [6.45, 7) is 1.64. The second kappa shape index (κ2) is 4.15. The molecular weight excluding hydrogens is 172 g/mol. The van der Waals surface area contributed by atoms with Gasteiger partial charge >= 0.3 is 6.09 Å². The molecule has 0 radical (unpaired) electrons. The molecule has 0 aliphatic rings. The van der Waals surface area contributed by atoms with E-state index in [1.54, 1.807) is 6.92 Å². The van der Waals surface area contributed by atoms with Crippen LogP contribution in [0.15, 0.2) is 23.7 Å². The molecule has 0 unspecified atom stereocenters. The maximum Gasteiger partial charge on any atom is 0.425 e. The highest BCUT2D eigenvalue weighted by molar-refractivity contribution is 5.96. The Bertz CT molecular complexity index is 323. The Morgan fingerprint density at radius 3 is 2.92 bits per heavy atom. The van der Waals surface area contributed by atoms with Crippen molar-refractivity contribution in [3.05, 3.63) is 24.3 Å². The summed E-state index contributed by atoms with van der Waals surface area (Å²) in [4.78, 5) is 17.8. The molecule has 1 amide bonds. The zero-order valence-electron chi connectivity index (χ0n) is 6.93. The molecule has 68 valence electrons. The SMILES string of the molecule is C/C(=N/NC(=O)O)c1cnccn1. The van der Waals surface area contributed by atoms with E-state index in [-0.39, 0.29) is 0 Å². The van der Waals surface area contributed by atoms with Crippen molar-refractivity contribution in [2.75, 3.05) is 0 Å². The zero-order valence-corrected chi connectivity index (χ0v) is 6.93. The van der Waals surface area contributed by atoms with Crippen LogP contribution in [0, 0.1) is 0 Å². The van der Waals surface area contributed by atoms with Crippen LogP contribution in [0.5, 0.6) is 0 Å². The summed E-state index contributed by atoms with van der Waals surface area (Å²) < 4.78 is 0. The Morgan fingerprint density at radius 1 is 1.62 bits per heavy atom. The fourth-order valence-electron chi connectivity index (χ4n) is 0.675. The summed E-state index contributed by atoms with van der Waals surface area (Å²) in [5.41, 5.74) is 2.89. The standard InChI is InChI=1S/C7H8N4O2/c1-5(10-11-7(12)13)6-4-8-2-3-9-6/h2-4,11H,1H3,(H,12,13)/b10-5-. The number of nitrogens with zero attached hydrogens (tertiary/aromatic N) is 3. The quantitative estimate of drug-likeness (QED) is 0.511. The van der Waals surface area contributed by atoms with Crippen LogP contribution in [0.1, 0.15) is 12.6 Å². The van der Waals surface area contributed by atoms with Crippen molar-refractivity contribution in [3.8, 4) is 0 Å². The van der Waals surface area contributed by atoms with Crippen LogP contribution in [0.25, 0.3) is 0 Å². The number of nitrogens with one attached hydrogen (secondary N) is 1. The molecule has 0 aliphatic heterocycles. The second-order valence-electron chi connectivity index (χ2n) is 2.20. The fourth-order valence-corrected chi connectivity index (χ4v) is 0.675. The number of rotatable bonds is 2. The van der Waals surface area contributed by atoms with Gasteiger partial charge in [0.25, 0.3) is 0 Å². The van der Waals surface area contributed by atoms with Gasteiger partial charge in [-0.1, -0.05) is 0 Å². The minimum absolute atomic E-state index is 0.468. The summed E-state index contributed by atoms with van der Waals surface area (Å²) in [6.07, 6.45) is 3.34. The van der Waals surface area contributed by atoms with E-state index < -0.39 is 6.09 Å². The molecule has 1 aromatic rings. The summed E-state index contributed by atoms with van der Waals surface area (Å²) in [7, 11) is 0. The smallest absolute Gasteiger partial charge is 0.425 e. The number of carbonyl (C=O) groups is 1. The molecule has 0 bridgehead atoms. The Morgan fingerprint density at radius 2 is 2.38 bits per heavy atom.